The Kier molecular flexibility index (Phi) is 4.13. The number of halogens is 1. The highest BCUT2D eigenvalue weighted by Crippen LogP contribution is 2.33. The molecule has 6 heteroatoms. The zero-order chi connectivity index (χ0) is 17.4. The zero-order valence-electron chi connectivity index (χ0n) is 14.2. The molecule has 4 rings (SSSR count). The Morgan fingerprint density at radius 1 is 1.36 bits per heavy atom. The number of aromatic nitrogens is 3. The Morgan fingerprint density at radius 3 is 3.04 bits per heavy atom. The van der Waals surface area contributed by atoms with Crippen molar-refractivity contribution in [1.29, 1.82) is 0 Å². The van der Waals surface area contributed by atoms with Crippen molar-refractivity contribution >= 4 is 28.5 Å². The first-order valence-electron chi connectivity index (χ1n) is 8.66. The van der Waals surface area contributed by atoms with Crippen molar-refractivity contribution in [3.8, 4) is 11.3 Å². The normalized spacial score (nSPS) is 23.7. The fourth-order valence-electron chi connectivity index (χ4n) is 3.72. The van der Waals surface area contributed by atoms with E-state index < -0.39 is 0 Å². The van der Waals surface area contributed by atoms with Gasteiger partial charge in [-0.15, -0.1) is 0 Å². The second-order valence-electron chi connectivity index (χ2n) is 7.23. The SMILES string of the molecule is CC1(N)CCCC(Nc2ncc(Cl)c(-c3c[nH]c4ccccc34)n2)C1. The molecule has 2 atom stereocenters. The van der Waals surface area contributed by atoms with E-state index in [0.29, 0.717) is 17.0 Å². The van der Waals surface area contributed by atoms with Crippen LogP contribution in [0, 0.1) is 0 Å². The van der Waals surface area contributed by atoms with Gasteiger partial charge in [0.15, 0.2) is 0 Å². The lowest BCUT2D eigenvalue weighted by molar-refractivity contribution is 0.302. The van der Waals surface area contributed by atoms with Gasteiger partial charge in [-0.3, -0.25) is 0 Å². The van der Waals surface area contributed by atoms with Crippen LogP contribution in [0.4, 0.5) is 5.95 Å². The summed E-state index contributed by atoms with van der Waals surface area (Å²) < 4.78 is 0. The van der Waals surface area contributed by atoms with Crippen LogP contribution in [-0.4, -0.2) is 26.5 Å². The molecule has 0 saturated heterocycles. The minimum atomic E-state index is -0.123. The van der Waals surface area contributed by atoms with Gasteiger partial charge in [0.05, 0.1) is 16.9 Å². The van der Waals surface area contributed by atoms with Crippen LogP contribution in [0.3, 0.4) is 0 Å². The van der Waals surface area contributed by atoms with Gasteiger partial charge in [-0.2, -0.15) is 0 Å². The van der Waals surface area contributed by atoms with Crippen LogP contribution in [0.25, 0.3) is 22.2 Å². The van der Waals surface area contributed by atoms with Crippen molar-refractivity contribution < 1.29 is 0 Å². The molecule has 2 heterocycles. The first kappa shape index (κ1) is 16.4. The Bertz CT molecular complexity index is 902. The van der Waals surface area contributed by atoms with Crippen LogP contribution >= 0.6 is 11.6 Å². The summed E-state index contributed by atoms with van der Waals surface area (Å²) in [6, 6.07) is 8.41. The van der Waals surface area contributed by atoms with Gasteiger partial charge < -0.3 is 16.0 Å². The summed E-state index contributed by atoms with van der Waals surface area (Å²) in [6.07, 6.45) is 7.79. The summed E-state index contributed by atoms with van der Waals surface area (Å²) in [7, 11) is 0. The summed E-state index contributed by atoms with van der Waals surface area (Å²) in [6.45, 7) is 2.11. The molecule has 1 fully saturated rings. The predicted octanol–water partition coefficient (Wildman–Crippen LogP) is 4.35. The second kappa shape index (κ2) is 6.32. The Morgan fingerprint density at radius 2 is 2.20 bits per heavy atom. The van der Waals surface area contributed by atoms with Crippen molar-refractivity contribution in [3.05, 3.63) is 41.7 Å². The topological polar surface area (TPSA) is 79.6 Å². The molecule has 2 unspecified atom stereocenters. The zero-order valence-corrected chi connectivity index (χ0v) is 15.0. The maximum Gasteiger partial charge on any atom is 0.223 e. The molecular formula is C19H22ClN5. The molecule has 3 aromatic rings. The van der Waals surface area contributed by atoms with Gasteiger partial charge in [0, 0.05) is 34.2 Å². The third kappa shape index (κ3) is 3.34. The van der Waals surface area contributed by atoms with Crippen LogP contribution in [0.15, 0.2) is 36.7 Å². The van der Waals surface area contributed by atoms with E-state index in [2.05, 4.69) is 28.3 Å². The lowest BCUT2D eigenvalue weighted by Gasteiger charge is -2.35. The van der Waals surface area contributed by atoms with Crippen molar-refractivity contribution in [3.63, 3.8) is 0 Å². The quantitative estimate of drug-likeness (QED) is 0.652. The van der Waals surface area contributed by atoms with Crippen molar-refractivity contribution in [2.24, 2.45) is 5.73 Å². The molecule has 1 saturated carbocycles. The Labute approximate surface area is 152 Å². The summed E-state index contributed by atoms with van der Waals surface area (Å²) in [5.74, 6) is 0.604. The first-order chi connectivity index (χ1) is 12.0. The van der Waals surface area contributed by atoms with Gasteiger partial charge in [-0.25, -0.2) is 9.97 Å². The smallest absolute Gasteiger partial charge is 0.223 e. The van der Waals surface area contributed by atoms with E-state index in [9.17, 15) is 0 Å². The van der Waals surface area contributed by atoms with E-state index in [4.69, 9.17) is 22.3 Å². The first-order valence-corrected chi connectivity index (χ1v) is 9.04. The number of nitrogens with zero attached hydrogens (tertiary/aromatic N) is 2. The number of nitrogens with one attached hydrogen (secondary N) is 2. The van der Waals surface area contributed by atoms with Gasteiger partial charge in [-0.05, 0) is 38.7 Å². The number of para-hydroxylation sites is 1. The van der Waals surface area contributed by atoms with E-state index in [1.54, 1.807) is 6.20 Å². The Hall–Kier alpha value is -2.11. The summed E-state index contributed by atoms with van der Waals surface area (Å²) >= 11 is 6.39. The lowest BCUT2D eigenvalue weighted by Crippen LogP contribution is -2.45. The number of anilines is 1. The van der Waals surface area contributed by atoms with Gasteiger partial charge in [0.25, 0.3) is 0 Å². The third-order valence-corrected chi connectivity index (χ3v) is 5.21. The van der Waals surface area contributed by atoms with Crippen molar-refractivity contribution in [2.45, 2.75) is 44.2 Å². The molecule has 1 aromatic carbocycles. The molecule has 0 bridgehead atoms. The number of fused-ring (bicyclic) bond motifs is 1. The molecule has 25 heavy (non-hydrogen) atoms. The maximum absolute atomic E-state index is 6.39. The number of nitrogens with two attached hydrogens (primary N) is 1. The number of rotatable bonds is 3. The van der Waals surface area contributed by atoms with Crippen LogP contribution in [0.5, 0.6) is 0 Å². The standard InChI is InChI=1S/C19H22ClN5/c1-19(21)8-4-5-12(9-19)24-18-23-11-15(20)17(25-18)14-10-22-16-7-3-2-6-13(14)16/h2-3,6-7,10-12,22H,4-5,8-9,21H2,1H3,(H,23,24,25). The highest BCUT2D eigenvalue weighted by molar-refractivity contribution is 6.33. The van der Waals surface area contributed by atoms with Crippen LogP contribution in [-0.2, 0) is 0 Å². The lowest BCUT2D eigenvalue weighted by atomic mass is 9.81. The highest BCUT2D eigenvalue weighted by Gasteiger charge is 2.28. The van der Waals surface area contributed by atoms with Crippen LogP contribution < -0.4 is 11.1 Å². The summed E-state index contributed by atoms with van der Waals surface area (Å²) in [5.41, 5.74) is 8.97. The van der Waals surface area contributed by atoms with E-state index in [1.807, 2.05) is 24.4 Å². The molecule has 0 amide bonds. The fraction of sp³-hybridized carbons (Fsp3) is 0.368. The third-order valence-electron chi connectivity index (χ3n) is 4.93. The van der Waals surface area contributed by atoms with E-state index in [0.717, 1.165) is 47.8 Å². The minimum Gasteiger partial charge on any atom is -0.360 e. The highest BCUT2D eigenvalue weighted by atomic mass is 35.5. The number of H-pyrrole nitrogens is 1. The summed E-state index contributed by atoms with van der Waals surface area (Å²) in [4.78, 5) is 12.3. The average molecular weight is 356 g/mol. The molecule has 0 radical (unpaired) electrons. The van der Waals surface area contributed by atoms with Crippen molar-refractivity contribution in [2.75, 3.05) is 5.32 Å². The minimum absolute atomic E-state index is 0.123. The molecule has 1 aliphatic carbocycles. The van der Waals surface area contributed by atoms with E-state index in [-0.39, 0.29) is 5.54 Å². The summed E-state index contributed by atoms with van der Waals surface area (Å²) in [5, 5.41) is 5.09. The molecule has 4 N–H and O–H groups in total. The van der Waals surface area contributed by atoms with Gasteiger partial charge >= 0.3 is 0 Å². The molecule has 0 aliphatic heterocycles. The fourth-order valence-corrected chi connectivity index (χ4v) is 3.91. The number of hydrogen-bond acceptors (Lipinski definition) is 4. The molecule has 2 aromatic heterocycles. The van der Waals surface area contributed by atoms with Crippen LogP contribution in [0.1, 0.15) is 32.6 Å². The Balaban J connectivity index is 1.65. The maximum atomic E-state index is 6.39. The molecule has 1 aliphatic rings. The molecular weight excluding hydrogens is 334 g/mol. The largest absolute Gasteiger partial charge is 0.360 e. The van der Waals surface area contributed by atoms with Crippen molar-refractivity contribution in [1.82, 2.24) is 15.0 Å². The predicted molar refractivity (Wildman–Crippen MR) is 103 cm³/mol. The number of benzene rings is 1. The van der Waals surface area contributed by atoms with Gasteiger partial charge in [0.2, 0.25) is 5.95 Å². The monoisotopic (exact) mass is 355 g/mol. The molecule has 130 valence electrons. The van der Waals surface area contributed by atoms with Gasteiger partial charge in [-0.1, -0.05) is 29.8 Å². The van der Waals surface area contributed by atoms with E-state index >= 15 is 0 Å². The van der Waals surface area contributed by atoms with Crippen LogP contribution in [0.2, 0.25) is 5.02 Å². The molecule has 0 spiro atoms. The number of hydrogen-bond donors (Lipinski definition) is 3. The van der Waals surface area contributed by atoms with E-state index in [1.165, 1.54) is 0 Å². The number of aromatic amines is 1. The average Bonchev–Trinajstić information content (AvgIpc) is 3.00. The van der Waals surface area contributed by atoms with Gasteiger partial charge in [0.1, 0.15) is 0 Å². The molecule has 5 nitrogen and oxygen atoms in total. The second-order valence-corrected chi connectivity index (χ2v) is 7.64.